The second kappa shape index (κ2) is 6.38. The first-order chi connectivity index (χ1) is 7.88. The van der Waals surface area contributed by atoms with Gasteiger partial charge in [-0.15, -0.1) is 0 Å². The third-order valence-electron chi connectivity index (χ3n) is 3.47. The van der Waals surface area contributed by atoms with Crippen LogP contribution in [0.5, 0.6) is 0 Å². The molecule has 1 aromatic heterocycles. The molecule has 0 bridgehead atoms. The molecule has 2 heterocycles. The number of hydrogen-bond acceptors (Lipinski definition) is 3. The summed E-state index contributed by atoms with van der Waals surface area (Å²) < 4.78 is 0. The molecule has 0 saturated carbocycles. The lowest BCUT2D eigenvalue weighted by molar-refractivity contribution is 0.172. The molecule has 1 atom stereocenters. The molecule has 3 heteroatoms. The lowest BCUT2D eigenvalue weighted by atomic mass is 9.94. The van der Waals surface area contributed by atoms with E-state index in [1.807, 2.05) is 0 Å². The smallest absolute Gasteiger partial charge is 0.00222 e. The Labute approximate surface area is 102 Å². The van der Waals surface area contributed by atoms with Crippen LogP contribution in [0.4, 0.5) is 0 Å². The van der Waals surface area contributed by atoms with Crippen molar-refractivity contribution in [1.29, 1.82) is 0 Å². The van der Waals surface area contributed by atoms with Gasteiger partial charge in [0.2, 0.25) is 0 Å². The molecule has 2 rings (SSSR count). The number of likely N-dealkylation sites (tertiary alicyclic amines) is 1. The maximum atomic E-state index is 5.64. The Morgan fingerprint density at radius 1 is 1.50 bits per heavy atom. The largest absolute Gasteiger partial charge is 0.330 e. The van der Waals surface area contributed by atoms with E-state index in [1.165, 1.54) is 50.9 Å². The van der Waals surface area contributed by atoms with Crippen LogP contribution in [0, 0.1) is 5.92 Å². The minimum Gasteiger partial charge on any atom is -0.330 e. The molecule has 0 aliphatic carbocycles. The number of thiophene rings is 1. The zero-order valence-electron chi connectivity index (χ0n) is 9.90. The summed E-state index contributed by atoms with van der Waals surface area (Å²) in [7, 11) is 0. The van der Waals surface area contributed by atoms with Crippen molar-refractivity contribution in [2.45, 2.75) is 25.7 Å². The van der Waals surface area contributed by atoms with Crippen LogP contribution in [0.15, 0.2) is 16.8 Å². The first-order valence-corrected chi connectivity index (χ1v) is 7.26. The fraction of sp³-hybridized carbons (Fsp3) is 0.692. The van der Waals surface area contributed by atoms with Gasteiger partial charge >= 0.3 is 0 Å². The molecule has 1 fully saturated rings. The highest BCUT2D eigenvalue weighted by Gasteiger charge is 2.18. The summed E-state index contributed by atoms with van der Waals surface area (Å²) in [6.45, 7) is 4.62. The van der Waals surface area contributed by atoms with E-state index in [1.54, 1.807) is 11.3 Å². The van der Waals surface area contributed by atoms with Gasteiger partial charge in [0.15, 0.2) is 0 Å². The maximum absolute atomic E-state index is 5.64. The van der Waals surface area contributed by atoms with Gasteiger partial charge in [-0.2, -0.15) is 11.3 Å². The van der Waals surface area contributed by atoms with Crippen LogP contribution in [-0.4, -0.2) is 31.1 Å². The Balaban J connectivity index is 1.72. The van der Waals surface area contributed by atoms with Crippen LogP contribution in [-0.2, 0) is 6.42 Å². The molecule has 0 amide bonds. The normalized spacial score (nSPS) is 22.4. The predicted octanol–water partition coefficient (Wildman–Crippen LogP) is 2.35. The van der Waals surface area contributed by atoms with E-state index in [-0.39, 0.29) is 0 Å². The van der Waals surface area contributed by atoms with Crippen molar-refractivity contribution in [1.82, 2.24) is 4.90 Å². The van der Waals surface area contributed by atoms with Crippen LogP contribution in [0.3, 0.4) is 0 Å². The average molecular weight is 238 g/mol. The summed E-state index contributed by atoms with van der Waals surface area (Å²) in [5.41, 5.74) is 7.13. The minimum atomic E-state index is 0.848. The van der Waals surface area contributed by atoms with Crippen molar-refractivity contribution in [2.24, 2.45) is 11.7 Å². The Hall–Kier alpha value is -0.380. The van der Waals surface area contributed by atoms with Crippen molar-refractivity contribution in [3.8, 4) is 0 Å². The molecule has 1 aromatic rings. The van der Waals surface area contributed by atoms with Gasteiger partial charge < -0.3 is 10.6 Å². The molecule has 2 nitrogen and oxygen atoms in total. The molecular formula is C13H22N2S. The summed E-state index contributed by atoms with van der Waals surface area (Å²) in [5, 5.41) is 4.43. The Kier molecular flexibility index (Phi) is 4.82. The average Bonchev–Trinajstić information content (AvgIpc) is 2.80. The highest BCUT2D eigenvalue weighted by atomic mass is 32.1. The summed E-state index contributed by atoms with van der Waals surface area (Å²) in [5.74, 6) is 0.848. The van der Waals surface area contributed by atoms with Gasteiger partial charge in [-0.3, -0.25) is 0 Å². The second-order valence-electron chi connectivity index (χ2n) is 4.77. The molecular weight excluding hydrogens is 216 g/mol. The quantitative estimate of drug-likeness (QED) is 0.853. The van der Waals surface area contributed by atoms with Crippen molar-refractivity contribution in [3.05, 3.63) is 22.4 Å². The molecule has 2 N–H and O–H groups in total. The molecule has 0 spiro atoms. The van der Waals surface area contributed by atoms with E-state index >= 15 is 0 Å². The van der Waals surface area contributed by atoms with Crippen LogP contribution in [0.2, 0.25) is 0 Å². The van der Waals surface area contributed by atoms with Crippen LogP contribution < -0.4 is 5.73 Å². The number of nitrogens with two attached hydrogens (primary N) is 1. The van der Waals surface area contributed by atoms with E-state index in [0.29, 0.717) is 0 Å². The fourth-order valence-corrected chi connectivity index (χ4v) is 3.25. The third-order valence-corrected chi connectivity index (χ3v) is 4.21. The van der Waals surface area contributed by atoms with Crippen LogP contribution >= 0.6 is 11.3 Å². The standard InChI is InChI=1S/C13H22N2S/c14-6-3-12-2-1-7-15(10-12)8-4-13-5-9-16-11-13/h5,9,11-12H,1-4,6-8,10,14H2. The zero-order valence-corrected chi connectivity index (χ0v) is 10.7. The molecule has 1 aliphatic rings. The van der Waals surface area contributed by atoms with Crippen molar-refractivity contribution >= 4 is 11.3 Å². The molecule has 90 valence electrons. The Bertz CT molecular complexity index is 282. The van der Waals surface area contributed by atoms with Crippen LogP contribution in [0.1, 0.15) is 24.8 Å². The van der Waals surface area contributed by atoms with Gasteiger partial charge in [-0.1, -0.05) is 0 Å². The van der Waals surface area contributed by atoms with Gasteiger partial charge in [-0.05, 0) is 67.1 Å². The zero-order chi connectivity index (χ0) is 11.2. The minimum absolute atomic E-state index is 0.848. The first kappa shape index (κ1) is 12.1. The monoisotopic (exact) mass is 238 g/mol. The number of nitrogens with zero attached hydrogens (tertiary/aromatic N) is 1. The summed E-state index contributed by atoms with van der Waals surface area (Å²) in [6, 6.07) is 2.24. The molecule has 1 saturated heterocycles. The van der Waals surface area contributed by atoms with Gasteiger partial charge in [0.25, 0.3) is 0 Å². The highest BCUT2D eigenvalue weighted by molar-refractivity contribution is 7.07. The summed E-state index contributed by atoms with van der Waals surface area (Å²) >= 11 is 1.80. The summed E-state index contributed by atoms with van der Waals surface area (Å²) in [4.78, 5) is 2.61. The molecule has 1 unspecified atom stereocenters. The Morgan fingerprint density at radius 3 is 3.19 bits per heavy atom. The first-order valence-electron chi connectivity index (χ1n) is 6.32. The fourth-order valence-electron chi connectivity index (χ4n) is 2.55. The lowest BCUT2D eigenvalue weighted by Crippen LogP contribution is -2.37. The summed E-state index contributed by atoms with van der Waals surface area (Å²) in [6.07, 6.45) is 5.15. The number of hydrogen-bond donors (Lipinski definition) is 1. The van der Waals surface area contributed by atoms with Gasteiger partial charge in [0, 0.05) is 13.1 Å². The molecule has 0 radical (unpaired) electrons. The van der Waals surface area contributed by atoms with E-state index in [2.05, 4.69) is 21.7 Å². The van der Waals surface area contributed by atoms with Crippen molar-refractivity contribution < 1.29 is 0 Å². The van der Waals surface area contributed by atoms with E-state index in [4.69, 9.17) is 5.73 Å². The van der Waals surface area contributed by atoms with Gasteiger partial charge in [0.05, 0.1) is 0 Å². The molecule has 0 aromatic carbocycles. The SMILES string of the molecule is NCCC1CCCN(CCc2ccsc2)C1. The maximum Gasteiger partial charge on any atom is 0.00222 e. The van der Waals surface area contributed by atoms with Gasteiger partial charge in [0.1, 0.15) is 0 Å². The Morgan fingerprint density at radius 2 is 2.44 bits per heavy atom. The van der Waals surface area contributed by atoms with Crippen LogP contribution in [0.25, 0.3) is 0 Å². The van der Waals surface area contributed by atoms with Crippen molar-refractivity contribution in [3.63, 3.8) is 0 Å². The molecule has 1 aliphatic heterocycles. The predicted molar refractivity (Wildman–Crippen MR) is 70.9 cm³/mol. The van der Waals surface area contributed by atoms with Gasteiger partial charge in [-0.25, -0.2) is 0 Å². The third kappa shape index (κ3) is 3.58. The highest BCUT2D eigenvalue weighted by Crippen LogP contribution is 2.19. The molecule has 16 heavy (non-hydrogen) atoms. The number of piperidine rings is 1. The van der Waals surface area contributed by atoms with E-state index < -0.39 is 0 Å². The van der Waals surface area contributed by atoms with E-state index in [9.17, 15) is 0 Å². The lowest BCUT2D eigenvalue weighted by Gasteiger charge is -2.32. The van der Waals surface area contributed by atoms with Crippen molar-refractivity contribution in [2.75, 3.05) is 26.2 Å². The number of rotatable bonds is 5. The topological polar surface area (TPSA) is 29.3 Å². The van der Waals surface area contributed by atoms with E-state index in [0.717, 1.165) is 12.5 Å². The second-order valence-corrected chi connectivity index (χ2v) is 5.55.